The molecule has 2 amide bonds. The molecule has 0 spiro atoms. The molecule has 1 heterocycles. The molecule has 5 nitrogen and oxygen atoms in total. The first-order valence-corrected chi connectivity index (χ1v) is 6.96. The molecule has 0 saturated carbocycles. The number of anilines is 1. The quantitative estimate of drug-likeness (QED) is 0.791. The summed E-state index contributed by atoms with van der Waals surface area (Å²) in [5.74, 6) is -0.957. The van der Waals surface area contributed by atoms with Crippen LogP contribution in [0.5, 0.6) is 0 Å². The Bertz CT molecular complexity index is 569. The first kappa shape index (κ1) is 14.1. The molecule has 0 aliphatic carbocycles. The largest absolute Gasteiger partial charge is 0.481 e. The van der Waals surface area contributed by atoms with Crippen molar-refractivity contribution in [3.8, 4) is 0 Å². The summed E-state index contributed by atoms with van der Waals surface area (Å²) in [6.45, 7) is 0. The van der Waals surface area contributed by atoms with Crippen molar-refractivity contribution in [3.05, 3.63) is 52.7 Å². The lowest BCUT2D eigenvalue weighted by atomic mass is 10.1. The van der Waals surface area contributed by atoms with Gasteiger partial charge in [0.05, 0.1) is 12.5 Å². The molecule has 0 fully saturated rings. The zero-order valence-corrected chi connectivity index (χ0v) is 11.4. The number of amides is 2. The van der Waals surface area contributed by atoms with E-state index in [1.54, 1.807) is 18.2 Å². The van der Waals surface area contributed by atoms with Gasteiger partial charge in [0.15, 0.2) is 0 Å². The summed E-state index contributed by atoms with van der Waals surface area (Å²) in [6, 6.07) is 9.83. The molecule has 0 unspecified atom stereocenters. The van der Waals surface area contributed by atoms with E-state index in [0.717, 1.165) is 5.56 Å². The molecule has 6 heteroatoms. The number of carboxylic acids is 1. The maximum absolute atomic E-state index is 11.9. The van der Waals surface area contributed by atoms with Gasteiger partial charge in [-0.05, 0) is 34.5 Å². The molecule has 0 radical (unpaired) electrons. The van der Waals surface area contributed by atoms with Crippen LogP contribution in [0.4, 0.5) is 10.5 Å². The van der Waals surface area contributed by atoms with Crippen molar-refractivity contribution in [2.24, 2.45) is 0 Å². The second-order valence-electron chi connectivity index (χ2n) is 4.17. The zero-order valence-electron chi connectivity index (χ0n) is 10.6. The highest BCUT2D eigenvalue weighted by Gasteiger charge is 2.18. The van der Waals surface area contributed by atoms with Crippen molar-refractivity contribution in [1.82, 2.24) is 5.32 Å². The van der Waals surface area contributed by atoms with Gasteiger partial charge in [-0.1, -0.05) is 18.2 Å². The maximum Gasteiger partial charge on any atom is 0.319 e. The van der Waals surface area contributed by atoms with Crippen LogP contribution in [0.15, 0.2) is 47.2 Å². The van der Waals surface area contributed by atoms with Gasteiger partial charge in [-0.2, -0.15) is 11.3 Å². The van der Waals surface area contributed by atoms with Gasteiger partial charge in [0.1, 0.15) is 0 Å². The molecule has 0 aliphatic heterocycles. The Labute approximate surface area is 120 Å². The number of thiophene rings is 1. The number of urea groups is 1. The SMILES string of the molecule is O=C(O)C[C@H](NC(=O)Nc1ccccc1)c1ccsc1. The van der Waals surface area contributed by atoms with Crippen molar-refractivity contribution in [2.45, 2.75) is 12.5 Å². The topological polar surface area (TPSA) is 78.4 Å². The van der Waals surface area contributed by atoms with Crippen molar-refractivity contribution in [3.63, 3.8) is 0 Å². The zero-order chi connectivity index (χ0) is 14.4. The molecule has 2 rings (SSSR count). The molecular formula is C14H14N2O3S. The lowest BCUT2D eigenvalue weighted by Crippen LogP contribution is -2.33. The average Bonchev–Trinajstić information content (AvgIpc) is 2.92. The van der Waals surface area contributed by atoms with Gasteiger partial charge in [-0.25, -0.2) is 4.79 Å². The second-order valence-corrected chi connectivity index (χ2v) is 4.95. The summed E-state index contributed by atoms with van der Waals surface area (Å²) in [5.41, 5.74) is 1.45. The summed E-state index contributed by atoms with van der Waals surface area (Å²) in [7, 11) is 0. The molecule has 0 saturated heterocycles. The van der Waals surface area contributed by atoms with Crippen LogP contribution in [0.3, 0.4) is 0 Å². The Morgan fingerprint density at radius 1 is 1.20 bits per heavy atom. The Hall–Kier alpha value is -2.34. The molecule has 104 valence electrons. The molecule has 1 aromatic carbocycles. The fraction of sp³-hybridized carbons (Fsp3) is 0.143. The van der Waals surface area contributed by atoms with E-state index < -0.39 is 18.0 Å². The van der Waals surface area contributed by atoms with E-state index in [2.05, 4.69) is 10.6 Å². The highest BCUT2D eigenvalue weighted by molar-refractivity contribution is 7.08. The highest BCUT2D eigenvalue weighted by Crippen LogP contribution is 2.20. The van der Waals surface area contributed by atoms with E-state index in [1.807, 2.05) is 29.0 Å². The fourth-order valence-electron chi connectivity index (χ4n) is 1.75. The number of carboxylic acid groups (broad SMARTS) is 1. The third kappa shape index (κ3) is 4.10. The summed E-state index contributed by atoms with van der Waals surface area (Å²) < 4.78 is 0. The molecule has 3 N–H and O–H groups in total. The van der Waals surface area contributed by atoms with Crippen LogP contribution in [0.1, 0.15) is 18.0 Å². The first-order valence-electron chi connectivity index (χ1n) is 6.01. The van der Waals surface area contributed by atoms with E-state index in [9.17, 15) is 9.59 Å². The summed E-state index contributed by atoms with van der Waals surface area (Å²) in [5, 5.41) is 17.9. The molecule has 0 aliphatic rings. The molecule has 20 heavy (non-hydrogen) atoms. The third-order valence-corrected chi connectivity index (χ3v) is 3.36. The van der Waals surface area contributed by atoms with E-state index in [0.29, 0.717) is 5.69 Å². The number of para-hydroxylation sites is 1. The van der Waals surface area contributed by atoms with Gasteiger partial charge in [0.2, 0.25) is 0 Å². The molecule has 1 atom stereocenters. The van der Waals surface area contributed by atoms with Crippen molar-refractivity contribution in [1.29, 1.82) is 0 Å². The van der Waals surface area contributed by atoms with Crippen LogP contribution < -0.4 is 10.6 Å². The monoisotopic (exact) mass is 290 g/mol. The van der Waals surface area contributed by atoms with Crippen LogP contribution in [0.2, 0.25) is 0 Å². The van der Waals surface area contributed by atoms with Crippen LogP contribution >= 0.6 is 11.3 Å². The van der Waals surface area contributed by atoms with Crippen LogP contribution in [0, 0.1) is 0 Å². The van der Waals surface area contributed by atoms with Gasteiger partial charge in [0, 0.05) is 5.69 Å². The van der Waals surface area contributed by atoms with Crippen molar-refractivity contribution >= 4 is 29.0 Å². The minimum Gasteiger partial charge on any atom is -0.481 e. The fourth-order valence-corrected chi connectivity index (χ4v) is 2.46. The van der Waals surface area contributed by atoms with Crippen molar-refractivity contribution in [2.75, 3.05) is 5.32 Å². The van der Waals surface area contributed by atoms with Gasteiger partial charge >= 0.3 is 12.0 Å². The predicted octanol–water partition coefficient (Wildman–Crippen LogP) is 3.09. The first-order chi connectivity index (χ1) is 9.65. The van der Waals surface area contributed by atoms with Gasteiger partial charge in [-0.15, -0.1) is 0 Å². The number of carbonyl (C=O) groups is 2. The maximum atomic E-state index is 11.9. The Balaban J connectivity index is 2.00. The van der Waals surface area contributed by atoms with E-state index in [-0.39, 0.29) is 6.42 Å². The Kier molecular flexibility index (Phi) is 4.73. The van der Waals surface area contributed by atoms with Gasteiger partial charge in [0.25, 0.3) is 0 Å². The Morgan fingerprint density at radius 2 is 1.95 bits per heavy atom. The lowest BCUT2D eigenvalue weighted by molar-refractivity contribution is -0.137. The minimum absolute atomic E-state index is 0.154. The number of hydrogen-bond donors (Lipinski definition) is 3. The number of rotatable bonds is 5. The van der Waals surface area contributed by atoms with Crippen LogP contribution in [-0.4, -0.2) is 17.1 Å². The molecule has 1 aromatic heterocycles. The summed E-state index contributed by atoms with van der Waals surface area (Å²) in [4.78, 5) is 22.8. The number of carbonyl (C=O) groups excluding carboxylic acids is 1. The summed E-state index contributed by atoms with van der Waals surface area (Å²) >= 11 is 1.46. The van der Waals surface area contributed by atoms with E-state index >= 15 is 0 Å². The van der Waals surface area contributed by atoms with Crippen LogP contribution in [-0.2, 0) is 4.79 Å². The normalized spacial score (nSPS) is 11.6. The van der Waals surface area contributed by atoms with E-state index in [4.69, 9.17) is 5.11 Å². The van der Waals surface area contributed by atoms with Crippen molar-refractivity contribution < 1.29 is 14.7 Å². The number of hydrogen-bond acceptors (Lipinski definition) is 3. The predicted molar refractivity (Wildman–Crippen MR) is 77.9 cm³/mol. The second kappa shape index (κ2) is 6.72. The third-order valence-electron chi connectivity index (χ3n) is 2.66. The number of aliphatic carboxylic acids is 1. The molecular weight excluding hydrogens is 276 g/mol. The molecule has 0 bridgehead atoms. The standard InChI is InChI=1S/C14H14N2O3S/c17-13(18)8-12(10-6-7-20-9-10)16-14(19)15-11-4-2-1-3-5-11/h1-7,9,12H,8H2,(H,17,18)(H2,15,16,19)/t12-/m0/s1. The Morgan fingerprint density at radius 3 is 2.55 bits per heavy atom. The highest BCUT2D eigenvalue weighted by atomic mass is 32.1. The smallest absolute Gasteiger partial charge is 0.319 e. The number of nitrogens with one attached hydrogen (secondary N) is 2. The minimum atomic E-state index is -0.957. The summed E-state index contributed by atoms with van der Waals surface area (Å²) in [6.07, 6.45) is -0.154. The van der Waals surface area contributed by atoms with Crippen LogP contribution in [0.25, 0.3) is 0 Å². The number of benzene rings is 1. The average molecular weight is 290 g/mol. The van der Waals surface area contributed by atoms with E-state index in [1.165, 1.54) is 11.3 Å². The van der Waals surface area contributed by atoms with Gasteiger partial charge in [-0.3, -0.25) is 4.79 Å². The lowest BCUT2D eigenvalue weighted by Gasteiger charge is -2.16. The van der Waals surface area contributed by atoms with Gasteiger partial charge < -0.3 is 15.7 Å². The molecule has 2 aromatic rings.